The van der Waals surface area contributed by atoms with Crippen molar-refractivity contribution in [3.05, 3.63) is 105 Å². The first kappa shape index (κ1) is 26.8. The van der Waals surface area contributed by atoms with Gasteiger partial charge in [0, 0.05) is 34.9 Å². The van der Waals surface area contributed by atoms with Crippen molar-refractivity contribution in [3.63, 3.8) is 0 Å². The molecule has 6 nitrogen and oxygen atoms in total. The van der Waals surface area contributed by atoms with Crippen molar-refractivity contribution in [1.82, 2.24) is 9.88 Å². The number of nitrogens with one attached hydrogen (secondary N) is 1. The maximum Gasteiger partial charge on any atom is 0.261 e. The maximum absolute atomic E-state index is 14.1. The first-order valence-corrected chi connectivity index (χ1v) is 13.1. The molecule has 0 spiro atoms. The molecular formula is C30H26Cl2FN3O3. The molecule has 1 aliphatic rings. The lowest BCUT2D eigenvalue weighted by Crippen LogP contribution is -2.30. The van der Waals surface area contributed by atoms with Crippen LogP contribution in [0.1, 0.15) is 57.9 Å². The molecule has 0 radical (unpaired) electrons. The summed E-state index contributed by atoms with van der Waals surface area (Å²) in [6.45, 7) is 4.05. The lowest BCUT2D eigenvalue weighted by Gasteiger charge is -2.29. The topological polar surface area (TPSA) is 63.6 Å². The van der Waals surface area contributed by atoms with Crippen LogP contribution in [-0.4, -0.2) is 30.5 Å². The van der Waals surface area contributed by atoms with E-state index in [4.69, 9.17) is 27.9 Å². The van der Waals surface area contributed by atoms with E-state index in [1.165, 1.54) is 12.1 Å². The number of carbonyl (C=O) groups excluding carboxylic acids is 2. The third-order valence-electron chi connectivity index (χ3n) is 6.89. The van der Waals surface area contributed by atoms with E-state index in [0.29, 0.717) is 33.1 Å². The first-order chi connectivity index (χ1) is 18.7. The van der Waals surface area contributed by atoms with E-state index in [1.54, 1.807) is 55.5 Å². The molecule has 2 heterocycles. The average molecular weight is 566 g/mol. The third kappa shape index (κ3) is 4.56. The second-order valence-corrected chi connectivity index (χ2v) is 10.4. The summed E-state index contributed by atoms with van der Waals surface area (Å²) in [5.74, 6) is -0.485. The van der Waals surface area contributed by atoms with E-state index in [1.807, 2.05) is 32.0 Å². The molecule has 5 rings (SSSR count). The standard InChI is InChI=1S/C30H26Cl2FN3O3/c1-16(2)35-25(21-13-18(29(37)34-3)7-12-26(21)39-4)15-22-28(35)27(17-5-8-19(31)9-6-17)36(30(22)38)20-10-11-24(33)23(32)14-20/h5-16,27H,1-4H3,(H,34,37). The second kappa shape index (κ2) is 10.4. The van der Waals surface area contributed by atoms with Crippen LogP contribution in [0.4, 0.5) is 10.1 Å². The summed E-state index contributed by atoms with van der Waals surface area (Å²) in [5.41, 5.74) is 4.44. The van der Waals surface area contributed by atoms with Crippen molar-refractivity contribution in [2.45, 2.75) is 25.9 Å². The van der Waals surface area contributed by atoms with Crippen LogP contribution in [0.3, 0.4) is 0 Å². The lowest BCUT2D eigenvalue weighted by atomic mass is 10.0. The molecule has 0 aliphatic carbocycles. The number of aromatic nitrogens is 1. The van der Waals surface area contributed by atoms with Gasteiger partial charge in [-0.3, -0.25) is 14.5 Å². The number of benzene rings is 3. The number of fused-ring (bicyclic) bond motifs is 1. The van der Waals surface area contributed by atoms with Gasteiger partial charge < -0.3 is 14.6 Å². The van der Waals surface area contributed by atoms with Crippen LogP contribution in [-0.2, 0) is 0 Å². The van der Waals surface area contributed by atoms with E-state index in [-0.39, 0.29) is 22.9 Å². The smallest absolute Gasteiger partial charge is 0.261 e. The summed E-state index contributed by atoms with van der Waals surface area (Å²) in [4.78, 5) is 28.2. The van der Waals surface area contributed by atoms with Gasteiger partial charge in [0.15, 0.2) is 0 Å². The van der Waals surface area contributed by atoms with Crippen molar-refractivity contribution in [1.29, 1.82) is 0 Å². The zero-order valence-corrected chi connectivity index (χ0v) is 23.3. The molecule has 3 aromatic carbocycles. The molecule has 0 saturated carbocycles. The van der Waals surface area contributed by atoms with Crippen LogP contribution in [0.25, 0.3) is 11.3 Å². The number of amides is 2. The average Bonchev–Trinajstić information content (AvgIpc) is 3.45. The van der Waals surface area contributed by atoms with E-state index in [0.717, 1.165) is 17.0 Å². The summed E-state index contributed by atoms with van der Waals surface area (Å²) in [6, 6.07) is 18.0. The van der Waals surface area contributed by atoms with Gasteiger partial charge in [-0.15, -0.1) is 0 Å². The minimum Gasteiger partial charge on any atom is -0.496 e. The number of hydrogen-bond acceptors (Lipinski definition) is 3. The van der Waals surface area contributed by atoms with E-state index in [2.05, 4.69) is 9.88 Å². The highest BCUT2D eigenvalue weighted by atomic mass is 35.5. The second-order valence-electron chi connectivity index (χ2n) is 9.51. The molecule has 2 amide bonds. The Morgan fingerprint density at radius 3 is 2.33 bits per heavy atom. The van der Waals surface area contributed by atoms with Gasteiger partial charge in [0.1, 0.15) is 17.6 Å². The predicted molar refractivity (Wildman–Crippen MR) is 152 cm³/mol. The molecule has 200 valence electrons. The van der Waals surface area contributed by atoms with E-state index >= 15 is 0 Å². The number of halogens is 3. The summed E-state index contributed by atoms with van der Waals surface area (Å²) < 4.78 is 21.8. The normalized spacial score (nSPS) is 14.6. The van der Waals surface area contributed by atoms with Gasteiger partial charge in [0.25, 0.3) is 11.8 Å². The molecule has 1 N–H and O–H groups in total. The molecule has 0 saturated heterocycles. The highest BCUT2D eigenvalue weighted by Crippen LogP contribution is 2.47. The maximum atomic E-state index is 14.1. The van der Waals surface area contributed by atoms with Crippen LogP contribution in [0.15, 0.2) is 66.7 Å². The zero-order valence-electron chi connectivity index (χ0n) is 21.8. The van der Waals surface area contributed by atoms with Gasteiger partial charge in [0.2, 0.25) is 0 Å². The summed E-state index contributed by atoms with van der Waals surface area (Å²) in [7, 11) is 3.14. The molecule has 9 heteroatoms. The lowest BCUT2D eigenvalue weighted by molar-refractivity contribution is 0.0961. The Labute approximate surface area is 235 Å². The van der Waals surface area contributed by atoms with Gasteiger partial charge >= 0.3 is 0 Å². The van der Waals surface area contributed by atoms with Crippen LogP contribution in [0.2, 0.25) is 10.0 Å². The van der Waals surface area contributed by atoms with Gasteiger partial charge in [-0.25, -0.2) is 4.39 Å². The highest BCUT2D eigenvalue weighted by Gasteiger charge is 2.43. The number of nitrogens with zero attached hydrogens (tertiary/aromatic N) is 2. The SMILES string of the molecule is CNC(=O)c1ccc(OC)c(-c2cc3c(n2C(C)C)C(c2ccc(Cl)cc2)N(c2ccc(F)c(Cl)c2)C3=O)c1. The Morgan fingerprint density at radius 1 is 1.00 bits per heavy atom. The first-order valence-electron chi connectivity index (χ1n) is 12.4. The third-order valence-corrected chi connectivity index (χ3v) is 7.43. The molecule has 39 heavy (non-hydrogen) atoms. The molecule has 1 atom stereocenters. The van der Waals surface area contributed by atoms with Gasteiger partial charge in [0.05, 0.1) is 29.1 Å². The summed E-state index contributed by atoms with van der Waals surface area (Å²) in [5, 5.41) is 3.14. The van der Waals surface area contributed by atoms with Gasteiger partial charge in [-0.05, 0) is 74.0 Å². The molecule has 1 aromatic heterocycles. The molecular weight excluding hydrogens is 540 g/mol. The number of ether oxygens (including phenoxy) is 1. The number of anilines is 1. The van der Waals surface area contributed by atoms with Gasteiger partial charge in [-0.2, -0.15) is 0 Å². The zero-order chi connectivity index (χ0) is 28.0. The van der Waals surface area contributed by atoms with E-state index < -0.39 is 11.9 Å². The minimum atomic E-state index is -0.565. The fourth-order valence-electron chi connectivity index (χ4n) is 5.17. The Morgan fingerprint density at radius 2 is 1.72 bits per heavy atom. The predicted octanol–water partition coefficient (Wildman–Crippen LogP) is 7.30. The van der Waals surface area contributed by atoms with E-state index in [9.17, 15) is 14.0 Å². The number of rotatable bonds is 6. The highest BCUT2D eigenvalue weighted by molar-refractivity contribution is 6.31. The van der Waals surface area contributed by atoms with Crippen molar-refractivity contribution in [2.75, 3.05) is 19.1 Å². The fraction of sp³-hybridized carbons (Fsp3) is 0.200. The Balaban J connectivity index is 1.78. The van der Waals surface area contributed by atoms with Crippen LogP contribution in [0.5, 0.6) is 5.75 Å². The Hall–Kier alpha value is -3.81. The fourth-order valence-corrected chi connectivity index (χ4v) is 5.47. The van der Waals surface area contributed by atoms with Crippen LogP contribution < -0.4 is 15.0 Å². The number of hydrogen-bond donors (Lipinski definition) is 1. The summed E-state index contributed by atoms with van der Waals surface area (Å²) >= 11 is 12.3. The number of methoxy groups -OCH3 is 1. The van der Waals surface area contributed by atoms with Crippen LogP contribution >= 0.6 is 23.2 Å². The quantitative estimate of drug-likeness (QED) is 0.267. The van der Waals surface area contributed by atoms with Gasteiger partial charge in [-0.1, -0.05) is 35.3 Å². The number of carbonyl (C=O) groups is 2. The summed E-state index contributed by atoms with van der Waals surface area (Å²) in [6.07, 6.45) is 0. The van der Waals surface area contributed by atoms with Crippen LogP contribution in [0, 0.1) is 5.82 Å². The molecule has 0 fully saturated rings. The van der Waals surface area contributed by atoms with Crippen molar-refractivity contribution in [3.8, 4) is 17.0 Å². The van der Waals surface area contributed by atoms with Crippen molar-refractivity contribution in [2.24, 2.45) is 0 Å². The Bertz CT molecular complexity index is 1600. The molecule has 0 bridgehead atoms. The molecule has 1 aliphatic heterocycles. The van der Waals surface area contributed by atoms with Crippen molar-refractivity contribution < 1.29 is 18.7 Å². The Kier molecular flexibility index (Phi) is 7.14. The molecule has 4 aromatic rings. The van der Waals surface area contributed by atoms with Crippen molar-refractivity contribution >= 4 is 40.7 Å². The monoisotopic (exact) mass is 565 g/mol. The largest absolute Gasteiger partial charge is 0.496 e. The molecule has 1 unspecified atom stereocenters. The minimum absolute atomic E-state index is 0.0727.